The lowest BCUT2D eigenvalue weighted by Crippen LogP contribution is -2.29. The first-order valence-electron chi connectivity index (χ1n) is 13.4. The molecule has 0 aliphatic heterocycles. The average Bonchev–Trinajstić information content (AvgIpc) is 2.96. The Kier molecular flexibility index (Phi) is 9.68. The standard InChI is InChI=1S/C32H35NO5/c1-2-37-32(36)25-15-19-29(20-16-25)38-28-17-13-24(14-18-28)30(34)12-7-21-33-31(35)27-11-6-10-26(22-27)23-8-4-3-5-9-23/h3-6,8-11,13-14,17-18,22,25,29H,2,7,12,15-16,19-21H2,1H3,(H,33,35). The minimum atomic E-state index is -0.145. The molecule has 0 aromatic heterocycles. The lowest BCUT2D eigenvalue weighted by atomic mass is 9.87. The molecule has 0 spiro atoms. The minimum absolute atomic E-state index is 0.0287. The third kappa shape index (κ3) is 7.54. The van der Waals surface area contributed by atoms with Crippen molar-refractivity contribution in [1.82, 2.24) is 5.32 Å². The Morgan fingerprint density at radius 1 is 0.816 bits per heavy atom. The molecule has 0 saturated heterocycles. The van der Waals surface area contributed by atoms with Gasteiger partial charge in [0.1, 0.15) is 5.75 Å². The molecule has 6 nitrogen and oxygen atoms in total. The second kappa shape index (κ2) is 13.6. The Hall–Kier alpha value is -3.93. The maximum Gasteiger partial charge on any atom is 0.308 e. The van der Waals surface area contributed by atoms with Crippen molar-refractivity contribution in [2.24, 2.45) is 5.92 Å². The van der Waals surface area contributed by atoms with Crippen LogP contribution in [-0.4, -0.2) is 36.9 Å². The van der Waals surface area contributed by atoms with Gasteiger partial charge < -0.3 is 14.8 Å². The predicted molar refractivity (Wildman–Crippen MR) is 147 cm³/mol. The van der Waals surface area contributed by atoms with Crippen molar-refractivity contribution in [3.63, 3.8) is 0 Å². The van der Waals surface area contributed by atoms with Gasteiger partial charge in [-0.05, 0) is 86.6 Å². The molecule has 0 radical (unpaired) electrons. The summed E-state index contributed by atoms with van der Waals surface area (Å²) >= 11 is 0. The number of nitrogens with one attached hydrogen (secondary N) is 1. The largest absolute Gasteiger partial charge is 0.490 e. The van der Waals surface area contributed by atoms with Crippen LogP contribution in [0.2, 0.25) is 0 Å². The fraction of sp³-hybridized carbons (Fsp3) is 0.344. The zero-order chi connectivity index (χ0) is 26.7. The van der Waals surface area contributed by atoms with Crippen LogP contribution >= 0.6 is 0 Å². The van der Waals surface area contributed by atoms with Crippen molar-refractivity contribution in [3.8, 4) is 16.9 Å². The normalized spacial score (nSPS) is 16.9. The van der Waals surface area contributed by atoms with Crippen LogP contribution in [0.1, 0.15) is 66.2 Å². The molecule has 1 aliphatic carbocycles. The van der Waals surface area contributed by atoms with Crippen molar-refractivity contribution in [3.05, 3.63) is 90.0 Å². The third-order valence-electron chi connectivity index (χ3n) is 6.87. The molecule has 1 fully saturated rings. The summed E-state index contributed by atoms with van der Waals surface area (Å²) < 4.78 is 11.2. The number of esters is 1. The number of rotatable bonds is 11. The van der Waals surface area contributed by atoms with Gasteiger partial charge in [-0.2, -0.15) is 0 Å². The van der Waals surface area contributed by atoms with Gasteiger partial charge in [0.15, 0.2) is 5.78 Å². The second-order valence-corrected chi connectivity index (χ2v) is 9.60. The molecule has 0 heterocycles. The Balaban J connectivity index is 1.18. The number of benzene rings is 3. The highest BCUT2D eigenvalue weighted by Crippen LogP contribution is 2.29. The van der Waals surface area contributed by atoms with Crippen LogP contribution in [-0.2, 0) is 9.53 Å². The number of Topliss-reactive ketones (excluding diaryl/α,β-unsaturated/α-hetero) is 1. The monoisotopic (exact) mass is 513 g/mol. The number of carbonyl (C=O) groups excluding carboxylic acids is 3. The molecule has 1 amide bonds. The van der Waals surface area contributed by atoms with E-state index in [4.69, 9.17) is 9.47 Å². The van der Waals surface area contributed by atoms with Gasteiger partial charge in [0, 0.05) is 24.1 Å². The maximum atomic E-state index is 12.6. The van der Waals surface area contributed by atoms with E-state index in [9.17, 15) is 14.4 Å². The lowest BCUT2D eigenvalue weighted by molar-refractivity contribution is -0.149. The molecule has 6 heteroatoms. The molecule has 4 rings (SSSR count). The van der Waals surface area contributed by atoms with E-state index in [1.165, 1.54) is 0 Å². The molecule has 198 valence electrons. The SMILES string of the molecule is CCOC(=O)C1CCC(Oc2ccc(C(=O)CCCNC(=O)c3cccc(-c4ccccc4)c3)cc2)CC1. The van der Waals surface area contributed by atoms with Crippen LogP contribution in [0.5, 0.6) is 5.75 Å². The summed E-state index contributed by atoms with van der Waals surface area (Å²) in [6.45, 7) is 2.67. The molecule has 38 heavy (non-hydrogen) atoms. The van der Waals surface area contributed by atoms with E-state index in [-0.39, 0.29) is 29.7 Å². The molecular formula is C32H35NO5. The molecule has 0 atom stereocenters. The maximum absolute atomic E-state index is 12.6. The van der Waals surface area contributed by atoms with Crippen LogP contribution in [0.3, 0.4) is 0 Å². The summed E-state index contributed by atoms with van der Waals surface area (Å²) in [5.74, 6) is 0.482. The molecular weight excluding hydrogens is 478 g/mol. The van der Waals surface area contributed by atoms with Crippen molar-refractivity contribution >= 4 is 17.7 Å². The summed E-state index contributed by atoms with van der Waals surface area (Å²) in [5, 5.41) is 2.92. The van der Waals surface area contributed by atoms with Crippen molar-refractivity contribution < 1.29 is 23.9 Å². The smallest absolute Gasteiger partial charge is 0.308 e. The van der Waals surface area contributed by atoms with Gasteiger partial charge in [-0.1, -0.05) is 42.5 Å². The van der Waals surface area contributed by atoms with E-state index in [1.807, 2.05) is 67.6 Å². The van der Waals surface area contributed by atoms with E-state index >= 15 is 0 Å². The van der Waals surface area contributed by atoms with Gasteiger partial charge in [0.25, 0.3) is 5.91 Å². The number of amides is 1. The first-order chi connectivity index (χ1) is 18.5. The highest BCUT2D eigenvalue weighted by molar-refractivity contribution is 5.97. The predicted octanol–water partition coefficient (Wildman–Crippen LogP) is 6.25. The fourth-order valence-corrected chi connectivity index (χ4v) is 4.76. The zero-order valence-electron chi connectivity index (χ0n) is 21.9. The second-order valence-electron chi connectivity index (χ2n) is 9.60. The van der Waals surface area contributed by atoms with Gasteiger partial charge in [-0.25, -0.2) is 0 Å². The number of hydrogen-bond acceptors (Lipinski definition) is 5. The molecule has 1 saturated carbocycles. The molecule has 0 bridgehead atoms. The summed E-state index contributed by atoms with van der Waals surface area (Å²) in [5.41, 5.74) is 3.28. The van der Waals surface area contributed by atoms with Crippen molar-refractivity contribution in [2.75, 3.05) is 13.2 Å². The minimum Gasteiger partial charge on any atom is -0.490 e. The van der Waals surface area contributed by atoms with Gasteiger partial charge >= 0.3 is 5.97 Å². The molecule has 3 aromatic rings. The highest BCUT2D eigenvalue weighted by atomic mass is 16.5. The number of hydrogen-bond donors (Lipinski definition) is 1. The van der Waals surface area contributed by atoms with E-state index in [0.29, 0.717) is 37.1 Å². The zero-order valence-corrected chi connectivity index (χ0v) is 21.9. The first-order valence-corrected chi connectivity index (χ1v) is 13.4. The van der Waals surface area contributed by atoms with E-state index in [2.05, 4.69) is 5.32 Å². The molecule has 1 N–H and O–H groups in total. The summed E-state index contributed by atoms with van der Waals surface area (Å²) in [4.78, 5) is 37.1. The van der Waals surface area contributed by atoms with Crippen LogP contribution in [0.4, 0.5) is 0 Å². The van der Waals surface area contributed by atoms with Gasteiger partial charge in [-0.15, -0.1) is 0 Å². The van der Waals surface area contributed by atoms with Gasteiger partial charge in [0.2, 0.25) is 0 Å². The van der Waals surface area contributed by atoms with Gasteiger partial charge in [0.05, 0.1) is 18.6 Å². The van der Waals surface area contributed by atoms with E-state index < -0.39 is 0 Å². The Labute approximate surface area is 224 Å². The number of ether oxygens (including phenoxy) is 2. The Morgan fingerprint density at radius 3 is 2.24 bits per heavy atom. The molecule has 0 unspecified atom stereocenters. The van der Waals surface area contributed by atoms with E-state index in [0.717, 1.165) is 42.6 Å². The average molecular weight is 514 g/mol. The topological polar surface area (TPSA) is 81.7 Å². The molecule has 3 aromatic carbocycles. The van der Waals surface area contributed by atoms with Crippen LogP contribution in [0.15, 0.2) is 78.9 Å². The lowest BCUT2D eigenvalue weighted by Gasteiger charge is -2.27. The number of ketones is 1. The summed E-state index contributed by atoms with van der Waals surface area (Å²) in [6.07, 6.45) is 4.15. The van der Waals surface area contributed by atoms with Crippen molar-refractivity contribution in [1.29, 1.82) is 0 Å². The summed E-state index contributed by atoms with van der Waals surface area (Å²) in [6, 6.07) is 24.7. The molecule has 1 aliphatic rings. The number of carbonyl (C=O) groups is 3. The van der Waals surface area contributed by atoms with Crippen LogP contribution in [0, 0.1) is 5.92 Å². The first kappa shape index (κ1) is 27.1. The van der Waals surface area contributed by atoms with E-state index in [1.54, 1.807) is 18.2 Å². The fourth-order valence-electron chi connectivity index (χ4n) is 4.76. The quantitative estimate of drug-likeness (QED) is 0.186. The van der Waals surface area contributed by atoms with Crippen LogP contribution in [0.25, 0.3) is 11.1 Å². The Bertz CT molecular complexity index is 1210. The Morgan fingerprint density at radius 2 is 1.53 bits per heavy atom. The third-order valence-corrected chi connectivity index (χ3v) is 6.87. The van der Waals surface area contributed by atoms with Gasteiger partial charge in [-0.3, -0.25) is 14.4 Å². The van der Waals surface area contributed by atoms with Crippen LogP contribution < -0.4 is 10.1 Å². The summed E-state index contributed by atoms with van der Waals surface area (Å²) in [7, 11) is 0. The highest BCUT2D eigenvalue weighted by Gasteiger charge is 2.28. The van der Waals surface area contributed by atoms with Crippen molar-refractivity contribution in [2.45, 2.75) is 51.6 Å².